The maximum absolute atomic E-state index is 6.38. The van der Waals surface area contributed by atoms with Crippen LogP contribution in [0.3, 0.4) is 0 Å². The van der Waals surface area contributed by atoms with Gasteiger partial charge in [-0.1, -0.05) is 35.0 Å². The van der Waals surface area contributed by atoms with Crippen LogP contribution in [-0.2, 0) is 5.54 Å². The van der Waals surface area contributed by atoms with Crippen molar-refractivity contribution in [2.75, 3.05) is 0 Å². The zero-order valence-corrected chi connectivity index (χ0v) is 14.3. The minimum Gasteiger partial charge on any atom is -0.243 e. The first-order valence-electron chi connectivity index (χ1n) is 8.82. The van der Waals surface area contributed by atoms with Crippen molar-refractivity contribution in [2.45, 2.75) is 51.0 Å². The van der Waals surface area contributed by atoms with Gasteiger partial charge in [-0.2, -0.15) is 0 Å². The van der Waals surface area contributed by atoms with Gasteiger partial charge in [-0.3, -0.25) is 0 Å². The molecular formula is C19H22ClN3. The molecule has 0 radical (unpaired) electrons. The van der Waals surface area contributed by atoms with Crippen molar-refractivity contribution in [3.8, 4) is 11.3 Å². The van der Waals surface area contributed by atoms with Crippen molar-refractivity contribution < 1.29 is 0 Å². The normalized spacial score (nSPS) is 35.0. The van der Waals surface area contributed by atoms with Crippen molar-refractivity contribution in [2.24, 2.45) is 17.8 Å². The van der Waals surface area contributed by atoms with Crippen LogP contribution in [0.2, 0.25) is 5.02 Å². The van der Waals surface area contributed by atoms with Gasteiger partial charge in [0.25, 0.3) is 0 Å². The smallest absolute Gasteiger partial charge is 0.117 e. The van der Waals surface area contributed by atoms with Crippen molar-refractivity contribution in [3.05, 3.63) is 35.0 Å². The predicted octanol–water partition coefficient (Wildman–Crippen LogP) is 4.83. The molecule has 0 unspecified atom stereocenters. The largest absolute Gasteiger partial charge is 0.243 e. The van der Waals surface area contributed by atoms with Crippen LogP contribution in [0.25, 0.3) is 11.3 Å². The van der Waals surface area contributed by atoms with E-state index in [1.165, 1.54) is 44.2 Å². The van der Waals surface area contributed by atoms with Crippen LogP contribution in [0.5, 0.6) is 0 Å². The van der Waals surface area contributed by atoms with Gasteiger partial charge >= 0.3 is 0 Å². The van der Waals surface area contributed by atoms with E-state index < -0.39 is 0 Å². The zero-order chi connectivity index (χ0) is 15.6. The minimum atomic E-state index is 0.228. The van der Waals surface area contributed by atoms with Gasteiger partial charge in [-0.15, -0.1) is 5.10 Å². The summed E-state index contributed by atoms with van der Waals surface area (Å²) in [6.45, 7) is 2.16. The number of halogens is 1. The molecule has 0 aliphatic heterocycles. The van der Waals surface area contributed by atoms with Gasteiger partial charge in [0.2, 0.25) is 0 Å². The van der Waals surface area contributed by atoms with E-state index in [-0.39, 0.29) is 5.54 Å². The van der Waals surface area contributed by atoms with Crippen LogP contribution in [0.4, 0.5) is 0 Å². The van der Waals surface area contributed by atoms with E-state index in [4.69, 9.17) is 11.6 Å². The monoisotopic (exact) mass is 327 g/mol. The number of aromatic nitrogens is 3. The fourth-order valence-corrected chi connectivity index (χ4v) is 6.23. The van der Waals surface area contributed by atoms with Gasteiger partial charge in [-0.05, 0) is 69.3 Å². The summed E-state index contributed by atoms with van der Waals surface area (Å²) in [7, 11) is 0. The lowest BCUT2D eigenvalue weighted by molar-refractivity contribution is -0.0511. The molecule has 6 rings (SSSR count). The van der Waals surface area contributed by atoms with Crippen LogP contribution in [0.1, 0.15) is 44.2 Å². The van der Waals surface area contributed by atoms with Crippen molar-refractivity contribution in [3.63, 3.8) is 0 Å². The highest BCUT2D eigenvalue weighted by molar-refractivity contribution is 6.33. The first kappa shape index (κ1) is 14.0. The molecule has 4 bridgehead atoms. The lowest BCUT2D eigenvalue weighted by Gasteiger charge is -2.56. The SMILES string of the molecule is Cc1c(-c2ccccc2Cl)nnn1C12CC3CC(CC(C3)C1)C2. The van der Waals surface area contributed by atoms with Gasteiger partial charge in [0.05, 0.1) is 16.3 Å². The second-order valence-electron chi connectivity index (χ2n) is 8.06. The Bertz CT molecular complexity index is 728. The third kappa shape index (κ3) is 2.02. The Hall–Kier alpha value is -1.35. The summed E-state index contributed by atoms with van der Waals surface area (Å²) in [6.07, 6.45) is 8.24. The number of rotatable bonds is 2. The number of benzene rings is 1. The maximum Gasteiger partial charge on any atom is 0.117 e. The van der Waals surface area contributed by atoms with E-state index in [1.807, 2.05) is 24.3 Å². The Morgan fingerprint density at radius 1 is 1.04 bits per heavy atom. The van der Waals surface area contributed by atoms with Crippen LogP contribution in [0, 0.1) is 24.7 Å². The van der Waals surface area contributed by atoms with Gasteiger partial charge in [-0.25, -0.2) is 4.68 Å². The minimum absolute atomic E-state index is 0.228. The van der Waals surface area contributed by atoms with Crippen LogP contribution in [0.15, 0.2) is 24.3 Å². The summed E-state index contributed by atoms with van der Waals surface area (Å²) in [5, 5.41) is 9.92. The molecule has 4 fully saturated rings. The van der Waals surface area contributed by atoms with E-state index in [9.17, 15) is 0 Å². The fourth-order valence-electron chi connectivity index (χ4n) is 6.01. The van der Waals surface area contributed by atoms with Crippen molar-refractivity contribution in [1.82, 2.24) is 15.0 Å². The van der Waals surface area contributed by atoms with Crippen LogP contribution in [-0.4, -0.2) is 15.0 Å². The molecule has 1 heterocycles. The van der Waals surface area contributed by atoms with Crippen LogP contribution >= 0.6 is 11.6 Å². The number of hydrogen-bond donors (Lipinski definition) is 0. The van der Waals surface area contributed by atoms with Crippen molar-refractivity contribution in [1.29, 1.82) is 0 Å². The lowest BCUT2D eigenvalue weighted by atomic mass is 9.53. The Balaban J connectivity index is 1.59. The second kappa shape index (κ2) is 4.83. The van der Waals surface area contributed by atoms with Crippen LogP contribution < -0.4 is 0 Å². The summed E-state index contributed by atoms with van der Waals surface area (Å²) in [5.41, 5.74) is 3.36. The molecular weight excluding hydrogens is 306 g/mol. The average molecular weight is 328 g/mol. The summed E-state index contributed by atoms with van der Waals surface area (Å²) >= 11 is 6.38. The van der Waals surface area contributed by atoms with Gasteiger partial charge in [0.15, 0.2) is 0 Å². The highest BCUT2D eigenvalue weighted by Crippen LogP contribution is 2.59. The molecule has 1 aromatic carbocycles. The standard InChI is InChI=1S/C19H22ClN3/c1-12-18(16-4-2-3-5-17(16)20)21-22-23(12)19-9-13-6-14(10-19)8-15(7-13)11-19/h2-5,13-15H,6-11H2,1H3. The van der Waals surface area contributed by atoms with E-state index >= 15 is 0 Å². The average Bonchev–Trinajstić information content (AvgIpc) is 2.89. The number of nitrogens with zero attached hydrogens (tertiary/aromatic N) is 3. The maximum atomic E-state index is 6.38. The molecule has 0 N–H and O–H groups in total. The fraction of sp³-hybridized carbons (Fsp3) is 0.579. The molecule has 4 heteroatoms. The van der Waals surface area contributed by atoms with Gasteiger partial charge in [0, 0.05) is 5.56 Å². The van der Waals surface area contributed by atoms with Crippen molar-refractivity contribution >= 4 is 11.6 Å². The molecule has 4 aliphatic rings. The Labute approximate surface area is 142 Å². The molecule has 0 amide bonds. The lowest BCUT2D eigenvalue weighted by Crippen LogP contribution is -2.52. The Morgan fingerprint density at radius 2 is 1.65 bits per heavy atom. The summed E-state index contributed by atoms with van der Waals surface area (Å²) in [4.78, 5) is 0. The molecule has 1 aromatic heterocycles. The van der Waals surface area contributed by atoms with E-state index in [0.717, 1.165) is 34.0 Å². The first-order chi connectivity index (χ1) is 11.1. The Morgan fingerprint density at radius 3 is 2.26 bits per heavy atom. The predicted molar refractivity (Wildman–Crippen MR) is 91.4 cm³/mol. The topological polar surface area (TPSA) is 30.7 Å². The zero-order valence-electron chi connectivity index (χ0n) is 13.5. The summed E-state index contributed by atoms with van der Waals surface area (Å²) in [6, 6.07) is 7.96. The third-order valence-corrected chi connectivity index (χ3v) is 6.81. The first-order valence-corrected chi connectivity index (χ1v) is 9.20. The molecule has 23 heavy (non-hydrogen) atoms. The molecule has 4 saturated carbocycles. The summed E-state index contributed by atoms with van der Waals surface area (Å²) in [5.74, 6) is 2.73. The van der Waals surface area contributed by atoms with E-state index in [0.29, 0.717) is 0 Å². The molecule has 2 aromatic rings. The third-order valence-electron chi connectivity index (χ3n) is 6.48. The Kier molecular flexibility index (Phi) is 2.94. The van der Waals surface area contributed by atoms with Gasteiger partial charge in [0.1, 0.15) is 5.69 Å². The summed E-state index contributed by atoms with van der Waals surface area (Å²) < 4.78 is 2.27. The molecule has 0 spiro atoms. The van der Waals surface area contributed by atoms with E-state index in [2.05, 4.69) is 21.9 Å². The van der Waals surface area contributed by atoms with Gasteiger partial charge < -0.3 is 0 Å². The molecule has 4 aliphatic carbocycles. The molecule has 120 valence electrons. The molecule has 0 saturated heterocycles. The number of hydrogen-bond acceptors (Lipinski definition) is 2. The quantitative estimate of drug-likeness (QED) is 0.790. The highest BCUT2D eigenvalue weighted by Gasteiger charge is 2.53. The highest BCUT2D eigenvalue weighted by atomic mass is 35.5. The molecule has 3 nitrogen and oxygen atoms in total. The second-order valence-corrected chi connectivity index (χ2v) is 8.46. The molecule has 0 atom stereocenters. The van der Waals surface area contributed by atoms with E-state index in [1.54, 1.807) is 0 Å².